The minimum absolute atomic E-state index is 0.149. The molecule has 8 heteroatoms. The number of hydrogen-bond donors (Lipinski definition) is 2. The lowest BCUT2D eigenvalue weighted by Gasteiger charge is -2.18. The molecule has 1 heterocycles. The largest absolute Gasteiger partial charge is 0.462 e. The summed E-state index contributed by atoms with van der Waals surface area (Å²) in [6.45, 7) is 8.21. The summed E-state index contributed by atoms with van der Waals surface area (Å²) < 4.78 is 5.34. The monoisotopic (exact) mass is 550 g/mol. The Hall–Kier alpha value is -3.10. The topological polar surface area (TPSA) is 84.5 Å². The standard InChI is InChI=1S/C30H34N2O4S2/c1-5-24(37-22-12-8-11-21(17-22)31-27(33)20-10-7-9-18(3)15-20)28(34)32-29-26(30(35)36-6-2)23-14-13-19(4)16-25(23)38-29/h7-12,15,17,19,24H,5-6,13-14,16H2,1-4H3,(H,31,33)(H,32,34). The molecule has 1 aliphatic carbocycles. The number of aryl methyl sites for hydroxylation is 1. The predicted molar refractivity (Wildman–Crippen MR) is 156 cm³/mol. The molecule has 0 saturated carbocycles. The fourth-order valence-electron chi connectivity index (χ4n) is 4.57. The quantitative estimate of drug-likeness (QED) is 0.219. The van der Waals surface area contributed by atoms with Crippen LogP contribution in [0.25, 0.3) is 0 Å². The highest BCUT2D eigenvalue weighted by molar-refractivity contribution is 8.00. The zero-order valence-corrected chi connectivity index (χ0v) is 23.9. The van der Waals surface area contributed by atoms with Crippen LogP contribution in [0, 0.1) is 12.8 Å². The molecule has 2 N–H and O–H groups in total. The van der Waals surface area contributed by atoms with E-state index in [0.717, 1.165) is 35.3 Å². The number of nitrogens with one attached hydrogen (secondary N) is 2. The molecule has 1 aliphatic rings. The number of thiophene rings is 1. The number of benzene rings is 2. The molecule has 0 saturated heterocycles. The van der Waals surface area contributed by atoms with Crippen molar-refractivity contribution in [3.8, 4) is 0 Å². The summed E-state index contributed by atoms with van der Waals surface area (Å²) >= 11 is 2.94. The second kappa shape index (κ2) is 12.6. The zero-order valence-electron chi connectivity index (χ0n) is 22.3. The van der Waals surface area contributed by atoms with Gasteiger partial charge in [0, 0.05) is 21.0 Å². The third-order valence-corrected chi connectivity index (χ3v) is 9.07. The van der Waals surface area contributed by atoms with Gasteiger partial charge >= 0.3 is 5.97 Å². The molecular formula is C30H34N2O4S2. The minimum atomic E-state index is -0.370. The third kappa shape index (κ3) is 6.66. The first-order valence-electron chi connectivity index (χ1n) is 13.1. The molecule has 2 atom stereocenters. The minimum Gasteiger partial charge on any atom is -0.462 e. The van der Waals surface area contributed by atoms with Crippen molar-refractivity contribution in [2.24, 2.45) is 5.92 Å². The number of anilines is 2. The van der Waals surface area contributed by atoms with E-state index in [2.05, 4.69) is 17.6 Å². The number of carbonyl (C=O) groups is 3. The highest BCUT2D eigenvalue weighted by Gasteiger charge is 2.30. The molecule has 6 nitrogen and oxygen atoms in total. The molecule has 38 heavy (non-hydrogen) atoms. The molecule has 2 aromatic carbocycles. The normalized spacial score (nSPS) is 15.3. The third-order valence-electron chi connectivity index (χ3n) is 6.54. The van der Waals surface area contributed by atoms with Crippen LogP contribution in [-0.4, -0.2) is 29.6 Å². The molecule has 0 spiro atoms. The summed E-state index contributed by atoms with van der Waals surface area (Å²) in [4.78, 5) is 40.9. The Bertz CT molecular complexity index is 1330. The summed E-state index contributed by atoms with van der Waals surface area (Å²) in [6, 6.07) is 14.9. The van der Waals surface area contributed by atoms with Crippen molar-refractivity contribution in [2.75, 3.05) is 17.2 Å². The van der Waals surface area contributed by atoms with Crippen LogP contribution in [0.3, 0.4) is 0 Å². The van der Waals surface area contributed by atoms with E-state index in [1.807, 2.05) is 56.3 Å². The van der Waals surface area contributed by atoms with E-state index in [9.17, 15) is 14.4 Å². The van der Waals surface area contributed by atoms with Crippen LogP contribution >= 0.6 is 23.1 Å². The number of thioether (sulfide) groups is 1. The summed E-state index contributed by atoms with van der Waals surface area (Å²) in [5.41, 5.74) is 3.83. The van der Waals surface area contributed by atoms with E-state index in [-0.39, 0.29) is 29.6 Å². The van der Waals surface area contributed by atoms with E-state index in [0.29, 0.717) is 34.2 Å². The van der Waals surface area contributed by atoms with Gasteiger partial charge in [0.1, 0.15) is 5.00 Å². The molecular weight excluding hydrogens is 516 g/mol. The number of amides is 2. The molecule has 4 rings (SSSR count). The molecule has 2 amide bonds. The van der Waals surface area contributed by atoms with Crippen molar-refractivity contribution in [2.45, 2.75) is 63.5 Å². The number of esters is 1. The summed E-state index contributed by atoms with van der Waals surface area (Å²) in [5, 5.41) is 6.22. The summed E-state index contributed by atoms with van der Waals surface area (Å²) in [5.74, 6) is -0.142. The van der Waals surface area contributed by atoms with E-state index in [1.165, 1.54) is 28.0 Å². The van der Waals surface area contributed by atoms with E-state index in [1.54, 1.807) is 13.0 Å². The zero-order chi connectivity index (χ0) is 27.2. The van der Waals surface area contributed by atoms with E-state index < -0.39 is 0 Å². The Morgan fingerprint density at radius 1 is 1.11 bits per heavy atom. The molecule has 3 aromatic rings. The lowest BCUT2D eigenvalue weighted by atomic mass is 9.88. The highest BCUT2D eigenvalue weighted by atomic mass is 32.2. The van der Waals surface area contributed by atoms with Gasteiger partial charge in [-0.05, 0) is 81.3 Å². The SMILES string of the molecule is CCOC(=O)c1c(NC(=O)C(CC)Sc2cccc(NC(=O)c3cccc(C)c3)c2)sc2c1CCC(C)C2. The van der Waals surface area contributed by atoms with Gasteiger partial charge in [0.05, 0.1) is 17.4 Å². The van der Waals surface area contributed by atoms with Crippen LogP contribution in [-0.2, 0) is 22.4 Å². The van der Waals surface area contributed by atoms with Gasteiger partial charge in [0.15, 0.2) is 0 Å². The molecule has 0 fully saturated rings. The number of fused-ring (bicyclic) bond motifs is 1. The second-order valence-electron chi connectivity index (χ2n) is 9.63. The molecule has 1 aromatic heterocycles. The van der Waals surface area contributed by atoms with Gasteiger partial charge in [-0.15, -0.1) is 23.1 Å². The fourth-order valence-corrected chi connectivity index (χ4v) is 6.99. The molecule has 0 aliphatic heterocycles. The number of rotatable bonds is 9. The number of ether oxygens (including phenoxy) is 1. The highest BCUT2D eigenvalue weighted by Crippen LogP contribution is 2.40. The molecule has 0 radical (unpaired) electrons. The van der Waals surface area contributed by atoms with E-state index >= 15 is 0 Å². The summed E-state index contributed by atoms with van der Waals surface area (Å²) in [7, 11) is 0. The van der Waals surface area contributed by atoms with Crippen LogP contribution in [0.1, 0.15) is 70.3 Å². The number of carbonyl (C=O) groups excluding carboxylic acids is 3. The molecule has 200 valence electrons. The van der Waals surface area contributed by atoms with Gasteiger partial charge in [0.2, 0.25) is 5.91 Å². The Morgan fingerprint density at radius 3 is 2.63 bits per heavy atom. The van der Waals surface area contributed by atoms with Crippen LogP contribution in [0.15, 0.2) is 53.4 Å². The molecule has 2 unspecified atom stereocenters. The molecule has 0 bridgehead atoms. The first kappa shape index (κ1) is 27.9. The average Bonchev–Trinajstić information content (AvgIpc) is 3.24. The van der Waals surface area contributed by atoms with Gasteiger partial charge in [-0.1, -0.05) is 37.6 Å². The Labute approximate surface area is 232 Å². The lowest BCUT2D eigenvalue weighted by molar-refractivity contribution is -0.115. The van der Waals surface area contributed by atoms with Crippen molar-refractivity contribution >= 4 is 51.6 Å². The van der Waals surface area contributed by atoms with E-state index in [4.69, 9.17) is 4.74 Å². The Morgan fingerprint density at radius 2 is 1.89 bits per heavy atom. The first-order valence-corrected chi connectivity index (χ1v) is 14.8. The van der Waals surface area contributed by atoms with Crippen molar-refractivity contribution in [3.63, 3.8) is 0 Å². The van der Waals surface area contributed by atoms with Gasteiger partial charge < -0.3 is 15.4 Å². The van der Waals surface area contributed by atoms with Gasteiger partial charge in [-0.2, -0.15) is 0 Å². The van der Waals surface area contributed by atoms with Crippen LogP contribution in [0.5, 0.6) is 0 Å². The maximum Gasteiger partial charge on any atom is 0.341 e. The fraction of sp³-hybridized carbons (Fsp3) is 0.367. The first-order chi connectivity index (χ1) is 18.3. The Balaban J connectivity index is 1.48. The van der Waals surface area contributed by atoms with Crippen molar-refractivity contribution in [1.82, 2.24) is 0 Å². The van der Waals surface area contributed by atoms with Crippen molar-refractivity contribution in [3.05, 3.63) is 75.7 Å². The second-order valence-corrected chi connectivity index (χ2v) is 12.0. The smallest absolute Gasteiger partial charge is 0.341 e. The van der Waals surface area contributed by atoms with Crippen LogP contribution in [0.2, 0.25) is 0 Å². The van der Waals surface area contributed by atoms with Gasteiger partial charge in [-0.3, -0.25) is 9.59 Å². The van der Waals surface area contributed by atoms with Crippen molar-refractivity contribution in [1.29, 1.82) is 0 Å². The Kier molecular flexibility index (Phi) is 9.28. The van der Waals surface area contributed by atoms with Gasteiger partial charge in [-0.25, -0.2) is 4.79 Å². The van der Waals surface area contributed by atoms with Gasteiger partial charge in [0.25, 0.3) is 5.91 Å². The average molecular weight is 551 g/mol. The maximum absolute atomic E-state index is 13.4. The predicted octanol–water partition coefficient (Wildman–Crippen LogP) is 7.12. The van der Waals surface area contributed by atoms with Crippen LogP contribution < -0.4 is 10.6 Å². The summed E-state index contributed by atoms with van der Waals surface area (Å²) in [6.07, 6.45) is 3.36. The maximum atomic E-state index is 13.4. The van der Waals surface area contributed by atoms with Crippen molar-refractivity contribution < 1.29 is 19.1 Å². The number of hydrogen-bond acceptors (Lipinski definition) is 6. The van der Waals surface area contributed by atoms with Crippen LogP contribution in [0.4, 0.5) is 10.7 Å². The lowest BCUT2D eigenvalue weighted by Crippen LogP contribution is -2.25.